The fraction of sp³-hybridized carbons (Fsp3) is 0.650. The molecule has 2 aliphatic heterocycles. The van der Waals surface area contributed by atoms with E-state index in [-0.39, 0.29) is 11.8 Å². The molecule has 0 radical (unpaired) electrons. The molecule has 1 saturated heterocycles. The topological polar surface area (TPSA) is 60.0 Å². The molecule has 1 aliphatic carbocycles. The number of rotatable bonds is 7. The van der Waals surface area contributed by atoms with Gasteiger partial charge in [0, 0.05) is 32.6 Å². The highest BCUT2D eigenvalue weighted by Crippen LogP contribution is 2.46. The predicted molar refractivity (Wildman–Crippen MR) is 97.8 cm³/mol. The van der Waals surface area contributed by atoms with Crippen molar-refractivity contribution in [3.05, 3.63) is 23.8 Å². The van der Waals surface area contributed by atoms with Crippen molar-refractivity contribution >= 4 is 5.91 Å². The first kappa shape index (κ1) is 17.6. The normalized spacial score (nSPS) is 21.2. The van der Waals surface area contributed by atoms with Crippen molar-refractivity contribution in [1.29, 1.82) is 0 Å². The molecule has 1 N–H and O–H groups in total. The van der Waals surface area contributed by atoms with Gasteiger partial charge in [0.2, 0.25) is 5.91 Å². The second-order valence-corrected chi connectivity index (χ2v) is 7.36. The van der Waals surface area contributed by atoms with Crippen molar-refractivity contribution in [2.75, 3.05) is 52.6 Å². The van der Waals surface area contributed by atoms with Crippen molar-refractivity contribution in [3.63, 3.8) is 0 Å². The number of fused-ring (bicyclic) bond motifs is 1. The number of amides is 1. The van der Waals surface area contributed by atoms with Crippen LogP contribution in [0.3, 0.4) is 0 Å². The van der Waals surface area contributed by atoms with Crippen molar-refractivity contribution in [2.24, 2.45) is 5.92 Å². The summed E-state index contributed by atoms with van der Waals surface area (Å²) >= 11 is 0. The maximum Gasteiger partial charge on any atom is 0.220 e. The monoisotopic (exact) mass is 360 g/mol. The van der Waals surface area contributed by atoms with Gasteiger partial charge in [-0.05, 0) is 42.4 Å². The predicted octanol–water partition coefficient (Wildman–Crippen LogP) is 1.79. The van der Waals surface area contributed by atoms with Crippen LogP contribution in [0, 0.1) is 5.92 Å². The van der Waals surface area contributed by atoms with Crippen LogP contribution in [0.2, 0.25) is 0 Å². The minimum Gasteiger partial charge on any atom is -0.486 e. The Balaban J connectivity index is 1.31. The van der Waals surface area contributed by atoms with E-state index in [1.165, 1.54) is 18.4 Å². The van der Waals surface area contributed by atoms with E-state index in [2.05, 4.69) is 22.3 Å². The fourth-order valence-corrected chi connectivity index (χ4v) is 3.80. The summed E-state index contributed by atoms with van der Waals surface area (Å²) in [5.74, 6) is 2.65. The average molecular weight is 360 g/mol. The second-order valence-electron chi connectivity index (χ2n) is 7.36. The zero-order chi connectivity index (χ0) is 17.8. The summed E-state index contributed by atoms with van der Waals surface area (Å²) in [5.41, 5.74) is 1.19. The molecule has 1 atom stereocenters. The van der Waals surface area contributed by atoms with E-state index in [0.717, 1.165) is 44.3 Å². The molecular weight excluding hydrogens is 332 g/mol. The van der Waals surface area contributed by atoms with E-state index in [1.54, 1.807) is 0 Å². The number of nitrogens with one attached hydrogen (secondary N) is 1. The van der Waals surface area contributed by atoms with Gasteiger partial charge in [0.1, 0.15) is 13.2 Å². The van der Waals surface area contributed by atoms with Gasteiger partial charge in [-0.3, -0.25) is 9.69 Å². The fourth-order valence-electron chi connectivity index (χ4n) is 3.80. The summed E-state index contributed by atoms with van der Waals surface area (Å²) in [6.07, 6.45) is 2.97. The van der Waals surface area contributed by atoms with Gasteiger partial charge in [-0.15, -0.1) is 0 Å². The van der Waals surface area contributed by atoms with Crippen LogP contribution >= 0.6 is 0 Å². The number of nitrogens with zero attached hydrogens (tertiary/aromatic N) is 1. The van der Waals surface area contributed by atoms with Gasteiger partial charge >= 0.3 is 0 Å². The molecule has 0 bridgehead atoms. The number of carbonyl (C=O) groups is 1. The molecule has 6 nitrogen and oxygen atoms in total. The number of benzene rings is 1. The lowest BCUT2D eigenvalue weighted by molar-refractivity contribution is -0.121. The van der Waals surface area contributed by atoms with Crippen molar-refractivity contribution < 1.29 is 19.0 Å². The molecule has 2 fully saturated rings. The molecule has 2 heterocycles. The first-order chi connectivity index (χ1) is 12.8. The van der Waals surface area contributed by atoms with Crippen LogP contribution in [0.5, 0.6) is 11.5 Å². The zero-order valence-electron chi connectivity index (χ0n) is 15.2. The van der Waals surface area contributed by atoms with Gasteiger partial charge < -0.3 is 19.5 Å². The van der Waals surface area contributed by atoms with E-state index in [1.807, 2.05) is 6.07 Å². The molecule has 1 amide bonds. The van der Waals surface area contributed by atoms with Crippen molar-refractivity contribution in [2.45, 2.75) is 25.2 Å². The molecule has 3 aliphatic rings. The molecule has 26 heavy (non-hydrogen) atoms. The molecule has 1 aromatic carbocycles. The minimum absolute atomic E-state index is 0.144. The third-order valence-corrected chi connectivity index (χ3v) is 5.44. The lowest BCUT2D eigenvalue weighted by Crippen LogP contribution is -2.41. The highest BCUT2D eigenvalue weighted by molar-refractivity contribution is 5.77. The lowest BCUT2D eigenvalue weighted by atomic mass is 9.90. The Morgan fingerprint density at radius 2 is 1.88 bits per heavy atom. The molecule has 1 saturated carbocycles. The summed E-state index contributed by atoms with van der Waals surface area (Å²) in [7, 11) is 0. The molecule has 6 heteroatoms. The Hall–Kier alpha value is -1.79. The third kappa shape index (κ3) is 4.48. The maximum atomic E-state index is 12.5. The first-order valence-electron chi connectivity index (χ1n) is 9.76. The molecular formula is C20H28N2O4. The number of hydrogen-bond donors (Lipinski definition) is 1. The van der Waals surface area contributed by atoms with E-state index in [0.29, 0.717) is 32.1 Å². The van der Waals surface area contributed by atoms with Crippen LogP contribution in [0.15, 0.2) is 18.2 Å². The Kier molecular flexibility index (Phi) is 5.60. The summed E-state index contributed by atoms with van der Waals surface area (Å²) in [6, 6.07) is 6.14. The Bertz CT molecular complexity index is 626. The number of hydrogen-bond acceptors (Lipinski definition) is 5. The molecule has 0 aromatic heterocycles. The van der Waals surface area contributed by atoms with E-state index < -0.39 is 0 Å². The highest BCUT2D eigenvalue weighted by Gasteiger charge is 2.34. The van der Waals surface area contributed by atoms with Crippen LogP contribution in [0.1, 0.15) is 30.7 Å². The van der Waals surface area contributed by atoms with Crippen molar-refractivity contribution in [3.8, 4) is 11.5 Å². The van der Waals surface area contributed by atoms with Gasteiger partial charge in [0.25, 0.3) is 0 Å². The average Bonchev–Trinajstić information content (AvgIpc) is 3.52. The zero-order valence-corrected chi connectivity index (χ0v) is 15.2. The number of ether oxygens (including phenoxy) is 3. The minimum atomic E-state index is 0.144. The smallest absolute Gasteiger partial charge is 0.220 e. The van der Waals surface area contributed by atoms with Gasteiger partial charge in [0.05, 0.1) is 13.2 Å². The van der Waals surface area contributed by atoms with Crippen LogP contribution < -0.4 is 14.8 Å². The Morgan fingerprint density at radius 3 is 2.65 bits per heavy atom. The highest BCUT2D eigenvalue weighted by atomic mass is 16.6. The largest absolute Gasteiger partial charge is 0.486 e. The van der Waals surface area contributed by atoms with Crippen LogP contribution in [-0.4, -0.2) is 63.4 Å². The van der Waals surface area contributed by atoms with E-state index in [9.17, 15) is 4.79 Å². The molecule has 1 unspecified atom stereocenters. The van der Waals surface area contributed by atoms with E-state index >= 15 is 0 Å². The standard InChI is InChI=1S/C20H28N2O4/c23-20(21-5-6-22-7-9-24-10-8-22)14-17(15-1-2-15)16-3-4-18-19(13-16)26-12-11-25-18/h3-4,13,15,17H,1-2,5-12,14H2,(H,21,23). The first-order valence-corrected chi connectivity index (χ1v) is 9.76. The van der Waals surface area contributed by atoms with Crippen LogP contribution in [-0.2, 0) is 9.53 Å². The van der Waals surface area contributed by atoms with Gasteiger partial charge in [0.15, 0.2) is 11.5 Å². The molecule has 0 spiro atoms. The van der Waals surface area contributed by atoms with Crippen LogP contribution in [0.25, 0.3) is 0 Å². The quantitative estimate of drug-likeness (QED) is 0.803. The Labute approximate surface area is 154 Å². The van der Waals surface area contributed by atoms with Gasteiger partial charge in [-0.25, -0.2) is 0 Å². The summed E-state index contributed by atoms with van der Waals surface area (Å²) < 4.78 is 16.7. The molecule has 4 rings (SSSR count). The second kappa shape index (κ2) is 8.27. The van der Waals surface area contributed by atoms with Crippen molar-refractivity contribution in [1.82, 2.24) is 10.2 Å². The molecule has 1 aromatic rings. The van der Waals surface area contributed by atoms with Crippen LogP contribution in [0.4, 0.5) is 0 Å². The molecule has 142 valence electrons. The maximum absolute atomic E-state index is 12.5. The summed E-state index contributed by atoms with van der Waals surface area (Å²) in [6.45, 7) is 6.29. The third-order valence-electron chi connectivity index (χ3n) is 5.44. The van der Waals surface area contributed by atoms with Gasteiger partial charge in [-0.2, -0.15) is 0 Å². The Morgan fingerprint density at radius 1 is 1.12 bits per heavy atom. The lowest BCUT2D eigenvalue weighted by Gasteiger charge is -2.26. The SMILES string of the molecule is O=C(CC(c1ccc2c(c1)OCCO2)C1CC1)NCCN1CCOCC1. The number of carbonyl (C=O) groups excluding carboxylic acids is 1. The summed E-state index contributed by atoms with van der Waals surface area (Å²) in [4.78, 5) is 14.8. The van der Waals surface area contributed by atoms with E-state index in [4.69, 9.17) is 14.2 Å². The summed E-state index contributed by atoms with van der Waals surface area (Å²) in [5, 5.41) is 3.10. The number of morpholine rings is 1. The van der Waals surface area contributed by atoms with Gasteiger partial charge in [-0.1, -0.05) is 6.07 Å².